The van der Waals surface area contributed by atoms with Gasteiger partial charge in [-0.25, -0.2) is 14.4 Å². The van der Waals surface area contributed by atoms with E-state index in [-0.39, 0.29) is 18.5 Å². The summed E-state index contributed by atoms with van der Waals surface area (Å²) in [5.74, 6) is 0.950. The van der Waals surface area contributed by atoms with Crippen LogP contribution in [0.3, 0.4) is 0 Å². The number of hydrogen-bond donors (Lipinski definition) is 1. The fourth-order valence-corrected chi connectivity index (χ4v) is 1.69. The Morgan fingerprint density at radius 2 is 2.05 bits per heavy atom. The van der Waals surface area contributed by atoms with Gasteiger partial charge in [-0.2, -0.15) is 0 Å². The first-order valence-corrected chi connectivity index (χ1v) is 6.06. The van der Waals surface area contributed by atoms with Crippen LogP contribution < -0.4 is 10.1 Å². The average Bonchev–Trinajstić information content (AvgIpc) is 2.46. The van der Waals surface area contributed by atoms with Crippen molar-refractivity contribution >= 4 is 0 Å². The highest BCUT2D eigenvalue weighted by atomic mass is 19.1. The molecule has 2 aromatic rings. The number of nitrogens with one attached hydrogen (secondary N) is 1. The van der Waals surface area contributed by atoms with Gasteiger partial charge in [-0.3, -0.25) is 0 Å². The van der Waals surface area contributed by atoms with Crippen molar-refractivity contribution in [2.45, 2.75) is 19.6 Å². The Morgan fingerprint density at radius 3 is 2.74 bits per heavy atom. The highest BCUT2D eigenvalue weighted by Crippen LogP contribution is 2.26. The molecular weight excluding hydrogens is 245 g/mol. The van der Waals surface area contributed by atoms with Gasteiger partial charge in [-0.05, 0) is 38.2 Å². The second kappa shape index (κ2) is 6.24. The lowest BCUT2D eigenvalue weighted by atomic mass is 10.1. The zero-order chi connectivity index (χ0) is 13.7. The highest BCUT2D eigenvalue weighted by Gasteiger charge is 2.11. The van der Waals surface area contributed by atoms with Crippen LogP contribution in [0.15, 0.2) is 36.7 Å². The van der Waals surface area contributed by atoms with Gasteiger partial charge in [0.15, 0.2) is 5.82 Å². The van der Waals surface area contributed by atoms with Crippen molar-refractivity contribution in [3.63, 3.8) is 0 Å². The van der Waals surface area contributed by atoms with Crippen molar-refractivity contribution in [3.05, 3.63) is 53.9 Å². The molecule has 1 aromatic heterocycles. The van der Waals surface area contributed by atoms with E-state index in [1.54, 1.807) is 24.5 Å². The van der Waals surface area contributed by atoms with E-state index in [0.717, 1.165) is 5.56 Å². The SMILES string of the molecule is CNC(C)c1cc(F)ccc1OCc1ncccn1. The number of rotatable bonds is 5. The molecule has 2 rings (SSSR count). The quantitative estimate of drug-likeness (QED) is 0.898. The Balaban J connectivity index is 2.15. The van der Waals surface area contributed by atoms with Gasteiger partial charge in [0.05, 0.1) is 0 Å². The van der Waals surface area contributed by atoms with Gasteiger partial charge in [0, 0.05) is 24.0 Å². The maximum atomic E-state index is 13.3. The first kappa shape index (κ1) is 13.4. The molecular formula is C14H16FN3O. The fraction of sp³-hybridized carbons (Fsp3) is 0.286. The Bertz CT molecular complexity index is 533. The first-order chi connectivity index (χ1) is 9.20. The van der Waals surface area contributed by atoms with Crippen molar-refractivity contribution in [2.75, 3.05) is 7.05 Å². The topological polar surface area (TPSA) is 47.0 Å². The van der Waals surface area contributed by atoms with E-state index >= 15 is 0 Å². The van der Waals surface area contributed by atoms with Crippen molar-refractivity contribution in [1.82, 2.24) is 15.3 Å². The molecule has 19 heavy (non-hydrogen) atoms. The number of benzene rings is 1. The molecule has 0 fully saturated rings. The van der Waals surface area contributed by atoms with E-state index < -0.39 is 0 Å². The average molecular weight is 261 g/mol. The fourth-order valence-electron chi connectivity index (χ4n) is 1.69. The lowest BCUT2D eigenvalue weighted by molar-refractivity contribution is 0.289. The molecule has 0 radical (unpaired) electrons. The first-order valence-electron chi connectivity index (χ1n) is 6.06. The molecule has 1 atom stereocenters. The summed E-state index contributed by atoms with van der Waals surface area (Å²) >= 11 is 0. The summed E-state index contributed by atoms with van der Waals surface area (Å²) in [6.45, 7) is 2.20. The lowest BCUT2D eigenvalue weighted by Crippen LogP contribution is -2.14. The second-order valence-electron chi connectivity index (χ2n) is 4.15. The highest BCUT2D eigenvalue weighted by molar-refractivity contribution is 5.36. The van der Waals surface area contributed by atoms with Gasteiger partial charge in [-0.1, -0.05) is 0 Å². The molecule has 0 saturated heterocycles. The Labute approximate surface area is 111 Å². The summed E-state index contributed by atoms with van der Waals surface area (Å²) in [4.78, 5) is 8.16. The summed E-state index contributed by atoms with van der Waals surface area (Å²) in [6, 6.07) is 6.23. The number of hydrogen-bond acceptors (Lipinski definition) is 4. The van der Waals surface area contributed by atoms with Crippen LogP contribution in [0, 0.1) is 5.82 Å². The zero-order valence-corrected chi connectivity index (χ0v) is 10.9. The van der Waals surface area contributed by atoms with Crippen LogP contribution in [0.4, 0.5) is 4.39 Å². The third-order valence-electron chi connectivity index (χ3n) is 2.85. The molecule has 1 N–H and O–H groups in total. The van der Waals surface area contributed by atoms with Crippen molar-refractivity contribution in [2.24, 2.45) is 0 Å². The minimum Gasteiger partial charge on any atom is -0.485 e. The summed E-state index contributed by atoms with van der Waals surface area (Å²) in [6.07, 6.45) is 3.32. The minimum atomic E-state index is -0.277. The van der Waals surface area contributed by atoms with Gasteiger partial charge < -0.3 is 10.1 Å². The molecule has 0 aliphatic carbocycles. The molecule has 0 aliphatic heterocycles. The van der Waals surface area contributed by atoms with E-state index in [4.69, 9.17) is 4.74 Å². The largest absolute Gasteiger partial charge is 0.485 e. The maximum absolute atomic E-state index is 13.3. The van der Waals surface area contributed by atoms with Gasteiger partial charge in [-0.15, -0.1) is 0 Å². The minimum absolute atomic E-state index is 0.00221. The number of ether oxygens (including phenoxy) is 1. The van der Waals surface area contributed by atoms with Crippen molar-refractivity contribution < 1.29 is 9.13 Å². The third-order valence-corrected chi connectivity index (χ3v) is 2.85. The summed E-state index contributed by atoms with van der Waals surface area (Å²) < 4.78 is 19.0. The van der Waals surface area contributed by atoms with Crippen molar-refractivity contribution in [3.8, 4) is 5.75 Å². The third kappa shape index (κ3) is 3.48. The number of nitrogens with zero attached hydrogens (tertiary/aromatic N) is 2. The molecule has 1 heterocycles. The second-order valence-corrected chi connectivity index (χ2v) is 4.15. The van der Waals surface area contributed by atoms with Gasteiger partial charge in [0.25, 0.3) is 0 Å². The van der Waals surface area contributed by atoms with Crippen LogP contribution in [0.2, 0.25) is 0 Å². The van der Waals surface area contributed by atoms with Gasteiger partial charge >= 0.3 is 0 Å². The monoisotopic (exact) mass is 261 g/mol. The zero-order valence-electron chi connectivity index (χ0n) is 10.9. The molecule has 100 valence electrons. The smallest absolute Gasteiger partial charge is 0.166 e. The van der Waals surface area contributed by atoms with Crippen LogP contribution >= 0.6 is 0 Å². The normalized spacial score (nSPS) is 12.2. The van der Waals surface area contributed by atoms with Crippen LogP contribution in [-0.4, -0.2) is 17.0 Å². The molecule has 0 aliphatic rings. The van der Waals surface area contributed by atoms with E-state index in [2.05, 4.69) is 15.3 Å². The van der Waals surface area contributed by atoms with Crippen molar-refractivity contribution in [1.29, 1.82) is 0 Å². The molecule has 0 saturated carbocycles. The molecule has 0 spiro atoms. The summed E-state index contributed by atoms with van der Waals surface area (Å²) in [7, 11) is 1.82. The number of aromatic nitrogens is 2. The van der Waals surface area contributed by atoms with E-state index in [1.165, 1.54) is 12.1 Å². The molecule has 4 nitrogen and oxygen atoms in total. The molecule has 1 unspecified atom stereocenters. The van der Waals surface area contributed by atoms with Crippen LogP contribution in [0.25, 0.3) is 0 Å². The van der Waals surface area contributed by atoms with E-state index in [9.17, 15) is 4.39 Å². The predicted octanol–water partition coefficient (Wildman–Crippen LogP) is 2.48. The Kier molecular flexibility index (Phi) is 4.41. The Morgan fingerprint density at radius 1 is 1.32 bits per heavy atom. The lowest BCUT2D eigenvalue weighted by Gasteiger charge is -2.16. The summed E-state index contributed by atoms with van der Waals surface area (Å²) in [5, 5.41) is 3.07. The maximum Gasteiger partial charge on any atom is 0.166 e. The van der Waals surface area contributed by atoms with E-state index in [0.29, 0.717) is 11.6 Å². The van der Waals surface area contributed by atoms with Crippen LogP contribution in [0.5, 0.6) is 5.75 Å². The standard InChI is InChI=1S/C14H16FN3O/c1-10(16-2)12-8-11(15)4-5-13(12)19-9-14-17-6-3-7-18-14/h3-8,10,16H,9H2,1-2H3. The van der Waals surface area contributed by atoms with Crippen LogP contribution in [0.1, 0.15) is 24.4 Å². The summed E-state index contributed by atoms with van der Waals surface area (Å²) in [5.41, 5.74) is 0.776. The molecule has 5 heteroatoms. The molecule has 1 aromatic carbocycles. The molecule has 0 bridgehead atoms. The molecule has 0 amide bonds. The van der Waals surface area contributed by atoms with Gasteiger partial charge in [0.2, 0.25) is 0 Å². The predicted molar refractivity (Wildman–Crippen MR) is 70.2 cm³/mol. The van der Waals surface area contributed by atoms with Gasteiger partial charge in [0.1, 0.15) is 18.2 Å². The number of halogens is 1. The Hall–Kier alpha value is -2.01. The van der Waals surface area contributed by atoms with Crippen LogP contribution in [-0.2, 0) is 6.61 Å². The van der Waals surface area contributed by atoms with E-state index in [1.807, 2.05) is 14.0 Å².